The van der Waals surface area contributed by atoms with E-state index in [-0.39, 0.29) is 18.1 Å². The number of benzene rings is 1. The number of aromatic hydroxyl groups is 1. The lowest BCUT2D eigenvalue weighted by Gasteiger charge is -2.22. The molecule has 0 aliphatic carbocycles. The van der Waals surface area contributed by atoms with Gasteiger partial charge in [-0.25, -0.2) is 0 Å². The molecule has 2 rings (SSSR count). The Bertz CT molecular complexity index is 693. The average Bonchev–Trinajstić information content (AvgIpc) is 2.54. The molecule has 1 heterocycles. The fourth-order valence-electron chi connectivity index (χ4n) is 2.07. The zero-order chi connectivity index (χ0) is 15.9. The van der Waals surface area contributed by atoms with Crippen molar-refractivity contribution in [3.63, 3.8) is 0 Å². The third-order valence-electron chi connectivity index (χ3n) is 3.33. The summed E-state index contributed by atoms with van der Waals surface area (Å²) in [6.07, 6.45) is 3.62. The molecule has 0 fully saturated rings. The highest BCUT2D eigenvalue weighted by Crippen LogP contribution is 2.19. The van der Waals surface area contributed by atoms with Crippen LogP contribution in [0, 0.1) is 18.3 Å². The molecule has 1 aromatic heterocycles. The number of nitrogens with zero attached hydrogens (tertiary/aromatic N) is 3. The first-order valence-electron chi connectivity index (χ1n) is 6.96. The van der Waals surface area contributed by atoms with Gasteiger partial charge in [-0.2, -0.15) is 5.26 Å². The second-order valence-electron chi connectivity index (χ2n) is 5.00. The van der Waals surface area contributed by atoms with Crippen LogP contribution in [0.15, 0.2) is 42.7 Å². The van der Waals surface area contributed by atoms with Crippen molar-refractivity contribution in [2.24, 2.45) is 0 Å². The van der Waals surface area contributed by atoms with Crippen molar-refractivity contribution in [2.45, 2.75) is 19.9 Å². The van der Waals surface area contributed by atoms with E-state index in [9.17, 15) is 9.90 Å². The van der Waals surface area contributed by atoms with Gasteiger partial charge in [0.25, 0.3) is 5.91 Å². The lowest BCUT2D eigenvalue weighted by molar-refractivity contribution is 0.0746. The summed E-state index contributed by atoms with van der Waals surface area (Å²) in [6, 6.07) is 10.6. The van der Waals surface area contributed by atoms with Crippen LogP contribution >= 0.6 is 0 Å². The second-order valence-corrected chi connectivity index (χ2v) is 5.00. The molecule has 0 spiro atoms. The van der Waals surface area contributed by atoms with E-state index in [1.54, 1.807) is 42.4 Å². The first-order valence-corrected chi connectivity index (χ1v) is 6.96. The Morgan fingerprint density at radius 1 is 1.41 bits per heavy atom. The van der Waals surface area contributed by atoms with Gasteiger partial charge in [0.2, 0.25) is 0 Å². The fourth-order valence-corrected chi connectivity index (χ4v) is 2.07. The molecule has 0 aliphatic rings. The monoisotopic (exact) mass is 295 g/mol. The van der Waals surface area contributed by atoms with Crippen molar-refractivity contribution in [3.05, 3.63) is 59.4 Å². The molecular formula is C17H17N3O2. The van der Waals surface area contributed by atoms with Crippen LogP contribution in [0.2, 0.25) is 0 Å². The number of hydrogen-bond donors (Lipinski definition) is 1. The normalized spacial score (nSPS) is 10.0. The number of aryl methyl sites for hydroxylation is 1. The molecule has 112 valence electrons. The van der Waals surface area contributed by atoms with E-state index >= 15 is 0 Å². The van der Waals surface area contributed by atoms with Crippen LogP contribution in [0.25, 0.3) is 0 Å². The number of amides is 1. The Morgan fingerprint density at radius 3 is 2.86 bits per heavy atom. The number of hydrogen-bond acceptors (Lipinski definition) is 4. The molecule has 0 unspecified atom stereocenters. The first kappa shape index (κ1) is 15.5. The highest BCUT2D eigenvalue weighted by atomic mass is 16.3. The summed E-state index contributed by atoms with van der Waals surface area (Å²) in [5.74, 6) is -0.123. The van der Waals surface area contributed by atoms with Gasteiger partial charge in [-0.3, -0.25) is 9.78 Å². The molecule has 0 aliphatic heterocycles. The number of phenols is 1. The summed E-state index contributed by atoms with van der Waals surface area (Å²) < 4.78 is 0. The van der Waals surface area contributed by atoms with Crippen LogP contribution < -0.4 is 0 Å². The van der Waals surface area contributed by atoms with E-state index < -0.39 is 0 Å². The molecule has 1 amide bonds. The highest BCUT2D eigenvalue weighted by Gasteiger charge is 2.17. The van der Waals surface area contributed by atoms with Crippen molar-refractivity contribution in [3.8, 4) is 11.8 Å². The minimum atomic E-state index is -0.214. The Morgan fingerprint density at radius 2 is 2.23 bits per heavy atom. The van der Waals surface area contributed by atoms with Crippen molar-refractivity contribution >= 4 is 5.91 Å². The Balaban J connectivity index is 2.22. The lowest BCUT2D eigenvalue weighted by atomic mass is 10.1. The number of nitriles is 1. The summed E-state index contributed by atoms with van der Waals surface area (Å²) in [5, 5.41) is 18.5. The minimum absolute atomic E-state index is 0.0902. The zero-order valence-electron chi connectivity index (χ0n) is 12.4. The van der Waals surface area contributed by atoms with Crippen molar-refractivity contribution < 1.29 is 9.90 Å². The van der Waals surface area contributed by atoms with Crippen LogP contribution in [0.4, 0.5) is 0 Å². The number of rotatable bonds is 5. The smallest absolute Gasteiger partial charge is 0.254 e. The Kier molecular flexibility index (Phi) is 5.10. The molecule has 0 radical (unpaired) electrons. The van der Waals surface area contributed by atoms with Crippen LogP contribution in [-0.2, 0) is 6.54 Å². The van der Waals surface area contributed by atoms with Gasteiger partial charge in [-0.1, -0.05) is 12.1 Å². The molecule has 0 bridgehead atoms. The maximum atomic E-state index is 12.6. The summed E-state index contributed by atoms with van der Waals surface area (Å²) in [7, 11) is 0. The molecule has 5 nitrogen and oxygen atoms in total. The van der Waals surface area contributed by atoms with Crippen molar-refractivity contribution in [2.75, 3.05) is 6.54 Å². The predicted molar refractivity (Wildman–Crippen MR) is 82.1 cm³/mol. The Hall–Kier alpha value is -2.87. The van der Waals surface area contributed by atoms with Crippen LogP contribution in [-0.4, -0.2) is 27.4 Å². The zero-order valence-corrected chi connectivity index (χ0v) is 12.4. The largest absolute Gasteiger partial charge is 0.508 e. The SMILES string of the molecule is Cc1ccc(C(=O)N(CCC#N)Cc2cccnc2)cc1O. The summed E-state index contributed by atoms with van der Waals surface area (Å²) in [6.45, 7) is 2.48. The van der Waals surface area contributed by atoms with Gasteiger partial charge in [0.1, 0.15) is 5.75 Å². The first-order chi connectivity index (χ1) is 10.6. The third-order valence-corrected chi connectivity index (χ3v) is 3.33. The van der Waals surface area contributed by atoms with Gasteiger partial charge in [0.05, 0.1) is 12.5 Å². The maximum Gasteiger partial charge on any atom is 0.254 e. The van der Waals surface area contributed by atoms with Crippen LogP contribution in [0.3, 0.4) is 0 Å². The summed E-state index contributed by atoms with van der Waals surface area (Å²) in [4.78, 5) is 18.2. The Labute approximate surface area is 129 Å². The van der Waals surface area contributed by atoms with Gasteiger partial charge in [-0.15, -0.1) is 0 Å². The van der Waals surface area contributed by atoms with Crippen molar-refractivity contribution in [1.29, 1.82) is 5.26 Å². The maximum absolute atomic E-state index is 12.6. The van der Waals surface area contributed by atoms with E-state index in [1.165, 1.54) is 6.07 Å². The molecule has 2 aromatic rings. The summed E-state index contributed by atoms with van der Waals surface area (Å²) >= 11 is 0. The molecule has 5 heteroatoms. The lowest BCUT2D eigenvalue weighted by Crippen LogP contribution is -2.31. The van der Waals surface area contributed by atoms with Gasteiger partial charge >= 0.3 is 0 Å². The van der Waals surface area contributed by atoms with E-state index in [1.807, 2.05) is 6.07 Å². The average molecular weight is 295 g/mol. The molecule has 0 atom stereocenters. The predicted octanol–water partition coefficient (Wildman–Crippen LogP) is 2.65. The topological polar surface area (TPSA) is 77.2 Å². The van der Waals surface area contributed by atoms with Crippen LogP contribution in [0.5, 0.6) is 5.75 Å². The van der Waals surface area contributed by atoms with E-state index in [2.05, 4.69) is 11.1 Å². The van der Waals surface area contributed by atoms with E-state index in [0.29, 0.717) is 24.2 Å². The van der Waals surface area contributed by atoms with Gasteiger partial charge in [0.15, 0.2) is 0 Å². The van der Waals surface area contributed by atoms with Gasteiger partial charge in [0, 0.05) is 31.0 Å². The highest BCUT2D eigenvalue weighted by molar-refractivity contribution is 5.94. The van der Waals surface area contributed by atoms with Gasteiger partial charge in [-0.05, 0) is 36.2 Å². The fraction of sp³-hybridized carbons (Fsp3) is 0.235. The number of carbonyl (C=O) groups is 1. The van der Waals surface area contributed by atoms with Gasteiger partial charge < -0.3 is 10.0 Å². The minimum Gasteiger partial charge on any atom is -0.508 e. The number of phenolic OH excluding ortho intramolecular Hbond substituents is 1. The van der Waals surface area contributed by atoms with E-state index in [4.69, 9.17) is 5.26 Å². The number of pyridine rings is 1. The molecule has 22 heavy (non-hydrogen) atoms. The molecule has 0 saturated carbocycles. The van der Waals surface area contributed by atoms with E-state index in [0.717, 1.165) is 5.56 Å². The molecule has 1 N–H and O–H groups in total. The van der Waals surface area contributed by atoms with Crippen molar-refractivity contribution in [1.82, 2.24) is 9.88 Å². The van der Waals surface area contributed by atoms with Crippen LogP contribution in [0.1, 0.15) is 27.9 Å². The quantitative estimate of drug-likeness (QED) is 0.920. The number of aromatic nitrogens is 1. The summed E-state index contributed by atoms with van der Waals surface area (Å²) in [5.41, 5.74) is 2.02. The third kappa shape index (κ3) is 3.83. The molecule has 0 saturated heterocycles. The molecular weight excluding hydrogens is 278 g/mol. The number of carbonyl (C=O) groups excluding carboxylic acids is 1. The molecule has 1 aromatic carbocycles. The second kappa shape index (κ2) is 7.23. The standard InChI is InChI=1S/C17H17N3O2/c1-13-5-6-15(10-16(13)21)17(22)20(9-3-7-18)12-14-4-2-8-19-11-14/h2,4-6,8,10-11,21H,3,9,12H2,1H3.